The maximum absolute atomic E-state index is 15.4. The van der Waals surface area contributed by atoms with Gasteiger partial charge in [0.25, 0.3) is 0 Å². The monoisotopic (exact) mass is 464 g/mol. The molecule has 0 aliphatic rings. The molecule has 0 nitrogen and oxygen atoms in total. The molecule has 0 atom stereocenters. The summed E-state index contributed by atoms with van der Waals surface area (Å²) in [7, 11) is 0. The van der Waals surface area contributed by atoms with Gasteiger partial charge in [-0.3, -0.25) is 0 Å². The Bertz CT molecular complexity index is 1380. The van der Waals surface area contributed by atoms with Gasteiger partial charge in [-0.15, -0.1) is 0 Å². The maximum atomic E-state index is 15.4. The van der Waals surface area contributed by atoms with E-state index in [4.69, 9.17) is 0 Å². The van der Waals surface area contributed by atoms with Crippen LogP contribution in [0.2, 0.25) is 0 Å². The Balaban J connectivity index is 1.67. The molecule has 0 spiro atoms. The first-order valence-corrected chi connectivity index (χ1v) is 12.4. The van der Waals surface area contributed by atoms with Crippen molar-refractivity contribution in [1.82, 2.24) is 0 Å². The minimum absolute atomic E-state index is 0.239. The lowest BCUT2D eigenvalue weighted by Crippen LogP contribution is -1.90. The Hall–Kier alpha value is -3.70. The first-order valence-electron chi connectivity index (χ1n) is 12.4. The van der Waals surface area contributed by atoms with Crippen LogP contribution in [0.4, 0.5) is 8.78 Å². The molecule has 0 fully saturated rings. The Morgan fingerprint density at radius 2 is 1.29 bits per heavy atom. The fraction of sp³-hybridized carbons (Fsp3) is 0.212. The van der Waals surface area contributed by atoms with Crippen LogP contribution in [-0.4, -0.2) is 0 Å². The summed E-state index contributed by atoms with van der Waals surface area (Å²) in [6.45, 7) is 4.30. The third-order valence-electron chi connectivity index (χ3n) is 6.21. The van der Waals surface area contributed by atoms with Gasteiger partial charge in [0, 0.05) is 22.3 Å². The predicted molar refractivity (Wildman–Crippen MR) is 144 cm³/mol. The number of halogens is 2. The van der Waals surface area contributed by atoms with E-state index in [1.165, 1.54) is 5.56 Å². The number of fused-ring (bicyclic) bond motifs is 1. The lowest BCUT2D eigenvalue weighted by Gasteiger charge is -2.09. The molecule has 0 saturated carbocycles. The van der Waals surface area contributed by atoms with Crippen LogP contribution in [0, 0.1) is 11.8 Å². The fourth-order valence-corrected chi connectivity index (χ4v) is 4.23. The van der Waals surface area contributed by atoms with Gasteiger partial charge in [-0.2, -0.15) is 0 Å². The average Bonchev–Trinajstić information content (AvgIpc) is 2.91. The van der Waals surface area contributed by atoms with Gasteiger partial charge < -0.3 is 0 Å². The molecule has 0 heterocycles. The van der Waals surface area contributed by atoms with Crippen molar-refractivity contribution in [1.29, 1.82) is 0 Å². The highest BCUT2D eigenvalue weighted by Crippen LogP contribution is 2.34. The molecule has 0 bridgehead atoms. The zero-order chi connectivity index (χ0) is 24.6. The lowest BCUT2D eigenvalue weighted by molar-refractivity contribution is 0.701. The van der Waals surface area contributed by atoms with Gasteiger partial charge in [0.2, 0.25) is 0 Å². The third-order valence-corrected chi connectivity index (χ3v) is 6.21. The van der Waals surface area contributed by atoms with E-state index >= 15 is 8.78 Å². The van der Waals surface area contributed by atoms with Crippen LogP contribution in [0.1, 0.15) is 66.5 Å². The van der Waals surface area contributed by atoms with E-state index in [1.54, 1.807) is 24.3 Å². The molecule has 2 heteroatoms. The van der Waals surface area contributed by atoms with Crippen LogP contribution in [0.5, 0.6) is 0 Å². The molecule has 0 amide bonds. The van der Waals surface area contributed by atoms with E-state index in [1.807, 2.05) is 48.5 Å². The van der Waals surface area contributed by atoms with Crippen LogP contribution in [0.25, 0.3) is 22.4 Å². The summed E-state index contributed by atoms with van der Waals surface area (Å²) in [4.78, 5) is 0. The molecule has 0 aliphatic carbocycles. The Morgan fingerprint density at radius 1 is 0.629 bits per heavy atom. The van der Waals surface area contributed by atoms with E-state index < -0.39 is 11.7 Å². The highest BCUT2D eigenvalue weighted by molar-refractivity contribution is 6.00. The number of aryl methyl sites for hydroxylation is 2. The van der Waals surface area contributed by atoms with Gasteiger partial charge in [0.15, 0.2) is 11.7 Å². The first kappa shape index (κ1) is 24.4. The standard InChI is InChI=1S/C33H30F2/c1-3-5-9-25-17-20-28(21-18-25)32(34)33(35)31-23-22-27(29-10-6-7-11-30(29)31)19-16-26-14-12-24(8-4-2)13-15-26/h6-7,10-15,17-18,20-23H,3-5,8-9H2,1-2H3. The number of benzene rings is 4. The smallest absolute Gasteiger partial charge is 0.167 e. The van der Waals surface area contributed by atoms with Gasteiger partial charge in [-0.05, 0) is 59.4 Å². The van der Waals surface area contributed by atoms with Crippen LogP contribution in [-0.2, 0) is 12.8 Å². The summed E-state index contributed by atoms with van der Waals surface area (Å²) < 4.78 is 30.6. The largest absolute Gasteiger partial charge is 0.203 e. The number of unbranched alkanes of at least 4 members (excludes halogenated alkanes) is 1. The summed E-state index contributed by atoms with van der Waals surface area (Å²) >= 11 is 0. The summed E-state index contributed by atoms with van der Waals surface area (Å²) in [6.07, 6.45) is 5.29. The molecule has 0 aromatic heterocycles. The second kappa shape index (κ2) is 11.6. The summed E-state index contributed by atoms with van der Waals surface area (Å²) in [6, 6.07) is 26.2. The topological polar surface area (TPSA) is 0 Å². The van der Waals surface area contributed by atoms with Crippen molar-refractivity contribution in [3.8, 4) is 11.8 Å². The van der Waals surface area contributed by atoms with E-state index in [0.717, 1.165) is 54.2 Å². The molecule has 4 aromatic rings. The summed E-state index contributed by atoms with van der Waals surface area (Å²) in [5.41, 5.74) is 4.64. The highest BCUT2D eigenvalue weighted by atomic mass is 19.2. The Labute approximate surface area is 207 Å². The second-order valence-corrected chi connectivity index (χ2v) is 8.83. The Morgan fingerprint density at radius 3 is 1.97 bits per heavy atom. The predicted octanol–water partition coefficient (Wildman–Crippen LogP) is 9.30. The summed E-state index contributed by atoms with van der Waals surface area (Å²) in [5, 5.41) is 1.45. The minimum atomic E-state index is -0.853. The first-order chi connectivity index (χ1) is 17.1. The number of hydrogen-bond acceptors (Lipinski definition) is 0. The van der Waals surface area contributed by atoms with Crippen molar-refractivity contribution in [2.45, 2.75) is 46.0 Å². The van der Waals surface area contributed by atoms with Crippen LogP contribution in [0.15, 0.2) is 84.9 Å². The quantitative estimate of drug-likeness (QED) is 0.189. The molecule has 35 heavy (non-hydrogen) atoms. The second-order valence-electron chi connectivity index (χ2n) is 8.83. The minimum Gasteiger partial charge on any atom is -0.203 e. The molecule has 0 aliphatic heterocycles. The zero-order valence-electron chi connectivity index (χ0n) is 20.4. The van der Waals surface area contributed by atoms with Crippen molar-refractivity contribution in [3.63, 3.8) is 0 Å². The molecule has 4 aromatic carbocycles. The van der Waals surface area contributed by atoms with Gasteiger partial charge in [0.05, 0.1) is 0 Å². The molecule has 0 radical (unpaired) electrons. The van der Waals surface area contributed by atoms with E-state index in [-0.39, 0.29) is 11.1 Å². The third kappa shape index (κ3) is 5.87. The van der Waals surface area contributed by atoms with Gasteiger partial charge in [-0.1, -0.05) is 105 Å². The van der Waals surface area contributed by atoms with Gasteiger partial charge in [-0.25, -0.2) is 8.78 Å². The molecule has 176 valence electrons. The van der Waals surface area contributed by atoms with Crippen molar-refractivity contribution >= 4 is 22.4 Å². The van der Waals surface area contributed by atoms with Crippen LogP contribution >= 0.6 is 0 Å². The maximum Gasteiger partial charge on any atom is 0.167 e. The van der Waals surface area contributed by atoms with Crippen molar-refractivity contribution in [3.05, 3.63) is 118 Å². The zero-order valence-corrected chi connectivity index (χ0v) is 20.4. The number of hydrogen-bond donors (Lipinski definition) is 0. The highest BCUT2D eigenvalue weighted by Gasteiger charge is 2.15. The summed E-state index contributed by atoms with van der Waals surface area (Å²) in [5.74, 6) is 4.74. The van der Waals surface area contributed by atoms with Gasteiger partial charge >= 0.3 is 0 Å². The molecule has 0 unspecified atom stereocenters. The molecule has 4 rings (SSSR count). The average molecular weight is 465 g/mol. The van der Waals surface area contributed by atoms with Crippen molar-refractivity contribution < 1.29 is 8.78 Å². The van der Waals surface area contributed by atoms with Crippen LogP contribution in [0.3, 0.4) is 0 Å². The lowest BCUT2D eigenvalue weighted by atomic mass is 9.97. The van der Waals surface area contributed by atoms with Crippen LogP contribution < -0.4 is 0 Å². The Kier molecular flexibility index (Phi) is 8.11. The molecular weight excluding hydrogens is 434 g/mol. The SMILES string of the molecule is CCCCc1ccc(C(F)=C(F)c2ccc(C#Cc3ccc(CCC)cc3)c3ccccc23)cc1. The molecule has 0 saturated heterocycles. The van der Waals surface area contributed by atoms with E-state index in [9.17, 15) is 0 Å². The molecular formula is C33H30F2. The number of rotatable bonds is 7. The van der Waals surface area contributed by atoms with Crippen molar-refractivity contribution in [2.75, 3.05) is 0 Å². The molecule has 0 N–H and O–H groups in total. The van der Waals surface area contributed by atoms with E-state index in [2.05, 4.69) is 37.8 Å². The normalized spacial score (nSPS) is 11.7. The van der Waals surface area contributed by atoms with Crippen molar-refractivity contribution in [2.24, 2.45) is 0 Å². The fourth-order valence-electron chi connectivity index (χ4n) is 4.23. The van der Waals surface area contributed by atoms with Gasteiger partial charge in [0.1, 0.15) is 0 Å². The van der Waals surface area contributed by atoms with E-state index in [0.29, 0.717) is 5.39 Å².